The molecule has 7 heteroatoms. The lowest BCUT2D eigenvalue weighted by Gasteiger charge is -2.18. The summed E-state index contributed by atoms with van der Waals surface area (Å²) < 4.78 is 1.33. The predicted molar refractivity (Wildman–Crippen MR) is 95.7 cm³/mol. The van der Waals surface area contributed by atoms with Crippen molar-refractivity contribution < 1.29 is 4.79 Å². The molecule has 0 aliphatic heterocycles. The van der Waals surface area contributed by atoms with Crippen molar-refractivity contribution in [2.75, 3.05) is 7.05 Å². The number of halogens is 2. The maximum absolute atomic E-state index is 12.6. The highest BCUT2D eigenvalue weighted by Crippen LogP contribution is 2.26. The Bertz CT molecular complexity index is 790. The van der Waals surface area contributed by atoms with Gasteiger partial charge < -0.3 is 4.90 Å². The molecule has 1 aromatic heterocycles. The minimum atomic E-state index is -0.281. The van der Waals surface area contributed by atoms with E-state index >= 15 is 0 Å². The number of hydrogen-bond acceptors (Lipinski definition) is 3. The van der Waals surface area contributed by atoms with Gasteiger partial charge in [-0.2, -0.15) is 5.10 Å². The van der Waals surface area contributed by atoms with Crippen LogP contribution in [0, 0.1) is 0 Å². The quantitative estimate of drug-likeness (QED) is 0.783. The molecule has 0 aliphatic carbocycles. The second-order valence-electron chi connectivity index (χ2n) is 5.51. The van der Waals surface area contributed by atoms with E-state index in [4.69, 9.17) is 23.2 Å². The topological polar surface area (TPSA) is 55.2 Å². The lowest BCUT2D eigenvalue weighted by atomic mass is 10.2. The molecular weight excluding hydrogens is 349 g/mol. The van der Waals surface area contributed by atoms with E-state index < -0.39 is 0 Å². The van der Waals surface area contributed by atoms with Gasteiger partial charge in [0.15, 0.2) is 0 Å². The van der Waals surface area contributed by atoms with Crippen molar-refractivity contribution in [1.29, 1.82) is 0 Å². The first-order valence-electron chi connectivity index (χ1n) is 7.70. The summed E-state index contributed by atoms with van der Waals surface area (Å²) in [4.78, 5) is 25.8. The molecule has 128 valence electrons. The molecule has 2 rings (SSSR count). The van der Waals surface area contributed by atoms with Crippen molar-refractivity contribution in [3.05, 3.63) is 62.0 Å². The first-order valence-corrected chi connectivity index (χ1v) is 8.46. The number of unbranched alkanes of at least 4 members (excludes halogenated alkanes) is 1. The van der Waals surface area contributed by atoms with Gasteiger partial charge in [-0.25, -0.2) is 4.68 Å². The molecule has 0 saturated carbocycles. The highest BCUT2D eigenvalue weighted by Gasteiger charge is 2.16. The monoisotopic (exact) mass is 367 g/mol. The number of aryl methyl sites for hydroxylation is 1. The van der Waals surface area contributed by atoms with E-state index in [2.05, 4.69) is 5.10 Å². The van der Waals surface area contributed by atoms with Crippen LogP contribution in [0.5, 0.6) is 0 Å². The molecule has 0 saturated heterocycles. The Morgan fingerprint density at radius 2 is 2.00 bits per heavy atom. The first-order chi connectivity index (χ1) is 11.4. The van der Waals surface area contributed by atoms with Gasteiger partial charge in [-0.1, -0.05) is 48.7 Å². The highest BCUT2D eigenvalue weighted by molar-refractivity contribution is 6.42. The Balaban J connectivity index is 2.18. The van der Waals surface area contributed by atoms with Gasteiger partial charge in [-0.05, 0) is 24.1 Å². The zero-order valence-corrected chi connectivity index (χ0v) is 15.1. The number of carbonyl (C=O) groups is 1. The summed E-state index contributed by atoms with van der Waals surface area (Å²) in [5, 5.41) is 5.04. The average molecular weight is 368 g/mol. The Kier molecular flexibility index (Phi) is 6.40. The van der Waals surface area contributed by atoms with E-state index in [0.29, 0.717) is 23.1 Å². The van der Waals surface area contributed by atoms with E-state index in [1.807, 2.05) is 13.0 Å². The van der Waals surface area contributed by atoms with E-state index in [1.165, 1.54) is 21.7 Å². The summed E-state index contributed by atoms with van der Waals surface area (Å²) in [6, 6.07) is 8.11. The maximum atomic E-state index is 12.6. The third-order valence-corrected chi connectivity index (χ3v) is 4.45. The van der Waals surface area contributed by atoms with Gasteiger partial charge in [-0.15, -0.1) is 0 Å². The molecule has 0 bridgehead atoms. The molecule has 0 fully saturated rings. The molecule has 24 heavy (non-hydrogen) atoms. The Hall–Kier alpha value is -1.85. The van der Waals surface area contributed by atoms with Crippen molar-refractivity contribution >= 4 is 29.1 Å². The molecule has 5 nitrogen and oxygen atoms in total. The largest absolute Gasteiger partial charge is 0.336 e. The smallest absolute Gasteiger partial charge is 0.274 e. The molecule has 0 aliphatic rings. The van der Waals surface area contributed by atoms with Crippen LogP contribution < -0.4 is 5.56 Å². The lowest BCUT2D eigenvalue weighted by Crippen LogP contribution is -2.31. The van der Waals surface area contributed by atoms with Gasteiger partial charge in [-0.3, -0.25) is 9.59 Å². The van der Waals surface area contributed by atoms with E-state index in [9.17, 15) is 9.59 Å². The fourth-order valence-corrected chi connectivity index (χ4v) is 2.60. The fraction of sp³-hybridized carbons (Fsp3) is 0.353. The number of hydrogen-bond donors (Lipinski definition) is 0. The predicted octanol–water partition coefficient (Wildman–Crippen LogP) is 3.62. The fourth-order valence-electron chi connectivity index (χ4n) is 2.22. The summed E-state index contributed by atoms with van der Waals surface area (Å²) in [7, 11) is 1.66. The number of amides is 1. The summed E-state index contributed by atoms with van der Waals surface area (Å²) in [5.74, 6) is -0.281. The van der Waals surface area contributed by atoms with E-state index in [0.717, 1.165) is 18.4 Å². The SMILES string of the molecule is CCCCn1nc(C(=O)N(C)Cc2cccc(Cl)c2Cl)ccc1=O. The van der Waals surface area contributed by atoms with Gasteiger partial charge in [0.05, 0.1) is 10.0 Å². The molecule has 0 unspecified atom stereocenters. The molecule has 0 N–H and O–H groups in total. The van der Waals surface area contributed by atoms with Gasteiger partial charge in [0.25, 0.3) is 11.5 Å². The van der Waals surface area contributed by atoms with Crippen molar-refractivity contribution in [1.82, 2.24) is 14.7 Å². The van der Waals surface area contributed by atoms with Crippen LogP contribution in [0.4, 0.5) is 0 Å². The van der Waals surface area contributed by atoms with E-state index in [-0.39, 0.29) is 17.2 Å². The standard InChI is InChI=1S/C17H19Cl2N3O2/c1-3-4-10-22-15(23)9-8-14(20-22)17(24)21(2)11-12-6-5-7-13(18)16(12)19/h5-9H,3-4,10-11H2,1-2H3. The molecule has 1 aromatic carbocycles. The van der Waals surface area contributed by atoms with E-state index in [1.54, 1.807) is 19.2 Å². The minimum absolute atomic E-state index is 0.208. The van der Waals surface area contributed by atoms with Crippen molar-refractivity contribution in [3.63, 3.8) is 0 Å². The lowest BCUT2D eigenvalue weighted by molar-refractivity contribution is 0.0776. The van der Waals surface area contributed by atoms with Crippen LogP contribution in [0.2, 0.25) is 10.0 Å². The van der Waals surface area contributed by atoms with Crippen LogP contribution in [0.25, 0.3) is 0 Å². The summed E-state index contributed by atoms with van der Waals surface area (Å²) in [5.41, 5.74) is 0.770. The third-order valence-electron chi connectivity index (χ3n) is 3.59. The minimum Gasteiger partial charge on any atom is -0.336 e. The molecule has 2 aromatic rings. The molecule has 0 atom stereocenters. The molecule has 0 spiro atoms. The number of aromatic nitrogens is 2. The number of benzene rings is 1. The maximum Gasteiger partial charge on any atom is 0.274 e. The van der Waals surface area contributed by atoms with Crippen molar-refractivity contribution in [2.45, 2.75) is 32.9 Å². The Morgan fingerprint density at radius 3 is 2.71 bits per heavy atom. The zero-order chi connectivity index (χ0) is 17.7. The molecule has 1 amide bonds. The summed E-state index contributed by atoms with van der Waals surface area (Å²) in [6.45, 7) is 2.83. The second-order valence-corrected chi connectivity index (χ2v) is 6.29. The van der Waals surface area contributed by atoms with Gasteiger partial charge in [0.2, 0.25) is 0 Å². The first kappa shape index (κ1) is 18.5. The molecule has 1 heterocycles. The van der Waals surface area contributed by atoms with Crippen LogP contribution in [-0.4, -0.2) is 27.6 Å². The third kappa shape index (κ3) is 4.36. The number of carbonyl (C=O) groups excluding carboxylic acids is 1. The average Bonchev–Trinajstić information content (AvgIpc) is 2.57. The van der Waals surface area contributed by atoms with Gasteiger partial charge in [0.1, 0.15) is 5.69 Å². The molecule has 0 radical (unpaired) electrons. The normalized spacial score (nSPS) is 10.7. The van der Waals surface area contributed by atoms with Gasteiger partial charge >= 0.3 is 0 Å². The number of rotatable bonds is 6. The zero-order valence-electron chi connectivity index (χ0n) is 13.6. The Morgan fingerprint density at radius 1 is 1.25 bits per heavy atom. The van der Waals surface area contributed by atoms with Gasteiger partial charge in [0, 0.05) is 26.2 Å². The molecular formula is C17H19Cl2N3O2. The Labute approximate surface area is 150 Å². The van der Waals surface area contributed by atoms with Crippen molar-refractivity contribution in [2.24, 2.45) is 0 Å². The number of nitrogens with zero attached hydrogens (tertiary/aromatic N) is 3. The van der Waals surface area contributed by atoms with Crippen LogP contribution in [0.1, 0.15) is 35.8 Å². The van der Waals surface area contributed by atoms with Crippen LogP contribution in [-0.2, 0) is 13.1 Å². The van der Waals surface area contributed by atoms with Crippen molar-refractivity contribution in [3.8, 4) is 0 Å². The summed E-state index contributed by atoms with van der Waals surface area (Å²) in [6.07, 6.45) is 1.78. The highest BCUT2D eigenvalue weighted by atomic mass is 35.5. The van der Waals surface area contributed by atoms with Crippen LogP contribution in [0.15, 0.2) is 35.1 Å². The second kappa shape index (κ2) is 8.31. The van der Waals surface area contributed by atoms with Crippen LogP contribution >= 0.6 is 23.2 Å². The van der Waals surface area contributed by atoms with Crippen LogP contribution in [0.3, 0.4) is 0 Å². The summed E-state index contributed by atoms with van der Waals surface area (Å²) >= 11 is 12.2.